The van der Waals surface area contributed by atoms with Gasteiger partial charge in [0.25, 0.3) is 5.91 Å². The third kappa shape index (κ3) is 7.05. The Hall–Kier alpha value is -2.94. The number of rotatable bonds is 8. The van der Waals surface area contributed by atoms with E-state index in [1.807, 2.05) is 31.2 Å². The normalized spacial score (nSPS) is 10.5. The Bertz CT molecular complexity index is 1130. The van der Waals surface area contributed by atoms with E-state index in [9.17, 15) is 14.4 Å². The number of hydrogen-bond acceptors (Lipinski definition) is 6. The minimum atomic E-state index is -0.630. The average Bonchev–Trinajstić information content (AvgIpc) is 3.19. The highest BCUT2D eigenvalue weighted by atomic mass is 35.5. The summed E-state index contributed by atoms with van der Waals surface area (Å²) in [4.78, 5) is 40.5. The van der Waals surface area contributed by atoms with Crippen LogP contribution in [0.15, 0.2) is 47.8 Å². The Kier molecular flexibility index (Phi) is 8.21. The molecule has 0 saturated heterocycles. The molecule has 0 aliphatic heterocycles. The van der Waals surface area contributed by atoms with Gasteiger partial charge in [0, 0.05) is 16.1 Å². The van der Waals surface area contributed by atoms with E-state index in [0.29, 0.717) is 21.4 Å². The van der Waals surface area contributed by atoms with Crippen LogP contribution in [0, 0.1) is 6.92 Å². The van der Waals surface area contributed by atoms with Crippen LogP contribution in [0.3, 0.4) is 0 Å². The van der Waals surface area contributed by atoms with Gasteiger partial charge in [0.05, 0.1) is 22.7 Å². The number of carbonyl (C=O) groups excluding carboxylic acids is 3. The van der Waals surface area contributed by atoms with Gasteiger partial charge in [0.1, 0.15) is 18.2 Å². The molecule has 2 amide bonds. The van der Waals surface area contributed by atoms with Gasteiger partial charge in [0.15, 0.2) is 0 Å². The molecule has 0 aliphatic carbocycles. The number of ether oxygens (including phenoxy) is 1. The first-order chi connectivity index (χ1) is 15.3. The molecule has 0 saturated carbocycles. The van der Waals surface area contributed by atoms with E-state index in [-0.39, 0.29) is 36.1 Å². The molecule has 0 radical (unpaired) electrons. The second-order valence-corrected chi connectivity index (χ2v) is 8.58. The highest BCUT2D eigenvalue weighted by Gasteiger charge is 2.14. The van der Waals surface area contributed by atoms with Crippen molar-refractivity contribution in [1.29, 1.82) is 0 Å². The van der Waals surface area contributed by atoms with Crippen molar-refractivity contribution in [2.24, 2.45) is 0 Å². The lowest BCUT2D eigenvalue weighted by molar-refractivity contribution is -0.143. The van der Waals surface area contributed by atoms with Gasteiger partial charge in [-0.15, -0.1) is 11.3 Å². The summed E-state index contributed by atoms with van der Waals surface area (Å²) >= 11 is 13.1. The van der Waals surface area contributed by atoms with Gasteiger partial charge in [0.2, 0.25) is 5.91 Å². The summed E-state index contributed by atoms with van der Waals surface area (Å²) in [5.41, 5.74) is 2.55. The van der Waals surface area contributed by atoms with Crippen molar-refractivity contribution in [3.8, 4) is 0 Å². The maximum absolute atomic E-state index is 12.2. The SMILES string of the molecule is Cc1ccc(NC(=O)Cc2nc(COC(=O)CNC(=O)c3ccc(Cl)cc3Cl)cs2)cc1. The van der Waals surface area contributed by atoms with Crippen LogP contribution >= 0.6 is 34.5 Å². The van der Waals surface area contributed by atoms with Crippen LogP contribution in [-0.4, -0.2) is 29.3 Å². The summed E-state index contributed by atoms with van der Waals surface area (Å²) in [6, 6.07) is 11.9. The van der Waals surface area contributed by atoms with Crippen molar-refractivity contribution in [1.82, 2.24) is 10.3 Å². The van der Waals surface area contributed by atoms with E-state index >= 15 is 0 Å². The average molecular weight is 492 g/mol. The highest BCUT2D eigenvalue weighted by molar-refractivity contribution is 7.09. The van der Waals surface area contributed by atoms with Crippen LogP contribution in [0.25, 0.3) is 0 Å². The number of nitrogens with zero attached hydrogens (tertiary/aromatic N) is 1. The van der Waals surface area contributed by atoms with Crippen LogP contribution in [0.1, 0.15) is 26.6 Å². The number of carbonyl (C=O) groups is 3. The summed E-state index contributed by atoms with van der Waals surface area (Å²) < 4.78 is 5.12. The number of thiazole rings is 1. The van der Waals surface area contributed by atoms with Crippen molar-refractivity contribution in [2.45, 2.75) is 20.0 Å². The number of aromatic nitrogens is 1. The fourth-order valence-corrected chi connectivity index (χ4v) is 3.87. The van der Waals surface area contributed by atoms with Gasteiger partial charge >= 0.3 is 5.97 Å². The molecule has 166 valence electrons. The second kappa shape index (κ2) is 11.1. The van der Waals surface area contributed by atoms with Gasteiger partial charge in [-0.05, 0) is 37.3 Å². The van der Waals surface area contributed by atoms with Crippen LogP contribution in [-0.2, 0) is 27.4 Å². The molecule has 32 heavy (non-hydrogen) atoms. The second-order valence-electron chi connectivity index (χ2n) is 6.79. The number of benzene rings is 2. The summed E-state index contributed by atoms with van der Waals surface area (Å²) in [6.45, 7) is 1.58. The number of nitrogens with one attached hydrogen (secondary N) is 2. The summed E-state index contributed by atoms with van der Waals surface area (Å²) in [5.74, 6) is -1.33. The monoisotopic (exact) mass is 491 g/mol. The summed E-state index contributed by atoms with van der Waals surface area (Å²) in [5, 5.41) is 8.16. The zero-order chi connectivity index (χ0) is 23.1. The van der Waals surface area contributed by atoms with Gasteiger partial charge in [-0.3, -0.25) is 14.4 Å². The molecule has 0 unspecified atom stereocenters. The Morgan fingerprint density at radius 1 is 1.09 bits per heavy atom. The molecule has 10 heteroatoms. The molecule has 0 atom stereocenters. The van der Waals surface area contributed by atoms with Gasteiger partial charge in [-0.1, -0.05) is 40.9 Å². The number of anilines is 1. The molecule has 2 aromatic carbocycles. The van der Waals surface area contributed by atoms with Crippen LogP contribution in [0.4, 0.5) is 5.69 Å². The molecule has 0 aliphatic rings. The number of aryl methyl sites for hydroxylation is 1. The molecule has 0 spiro atoms. The fourth-order valence-electron chi connectivity index (χ4n) is 2.60. The van der Waals surface area contributed by atoms with Gasteiger partial charge < -0.3 is 15.4 Å². The molecule has 0 bridgehead atoms. The molecule has 1 aromatic heterocycles. The topological polar surface area (TPSA) is 97.4 Å². The minimum Gasteiger partial charge on any atom is -0.458 e. The summed E-state index contributed by atoms with van der Waals surface area (Å²) in [7, 11) is 0. The molecular formula is C22H19Cl2N3O4S. The largest absolute Gasteiger partial charge is 0.458 e. The number of esters is 1. The van der Waals surface area contributed by atoms with E-state index in [1.165, 1.54) is 29.5 Å². The predicted octanol–water partition coefficient (Wildman–Crippen LogP) is 4.41. The Balaban J connectivity index is 1.42. The third-order valence-corrected chi connectivity index (χ3v) is 5.64. The Morgan fingerprint density at radius 2 is 1.84 bits per heavy atom. The maximum atomic E-state index is 12.2. The molecular weight excluding hydrogens is 473 g/mol. The number of hydrogen-bond donors (Lipinski definition) is 2. The quantitative estimate of drug-likeness (QED) is 0.454. The van der Waals surface area contributed by atoms with Gasteiger partial charge in [-0.2, -0.15) is 0 Å². The zero-order valence-corrected chi connectivity index (χ0v) is 19.3. The maximum Gasteiger partial charge on any atom is 0.325 e. The smallest absolute Gasteiger partial charge is 0.325 e. The summed E-state index contributed by atoms with van der Waals surface area (Å²) in [6.07, 6.45) is 0.115. The van der Waals surface area contributed by atoms with E-state index in [2.05, 4.69) is 15.6 Å². The van der Waals surface area contributed by atoms with Crippen LogP contribution < -0.4 is 10.6 Å². The molecule has 0 fully saturated rings. The first-order valence-corrected chi connectivity index (χ1v) is 11.1. The van der Waals surface area contributed by atoms with Crippen molar-refractivity contribution in [3.05, 3.63) is 79.7 Å². The minimum absolute atomic E-state index is 0.0630. The lowest BCUT2D eigenvalue weighted by atomic mass is 10.2. The van der Waals surface area contributed by atoms with Crippen LogP contribution in [0.2, 0.25) is 10.0 Å². The molecule has 3 aromatic rings. The fraction of sp³-hybridized carbons (Fsp3) is 0.182. The molecule has 2 N–H and O–H groups in total. The van der Waals surface area contributed by atoms with Crippen molar-refractivity contribution in [3.63, 3.8) is 0 Å². The van der Waals surface area contributed by atoms with Crippen molar-refractivity contribution < 1.29 is 19.1 Å². The molecule has 1 heterocycles. The lowest BCUT2D eigenvalue weighted by Gasteiger charge is -2.07. The van der Waals surface area contributed by atoms with Crippen LogP contribution in [0.5, 0.6) is 0 Å². The van der Waals surface area contributed by atoms with Crippen molar-refractivity contribution in [2.75, 3.05) is 11.9 Å². The van der Waals surface area contributed by atoms with E-state index in [1.54, 1.807) is 5.38 Å². The highest BCUT2D eigenvalue weighted by Crippen LogP contribution is 2.20. The standard InChI is InChI=1S/C22H19Cl2N3O4S/c1-13-2-5-15(6-3-13)26-19(28)9-20-27-16(12-32-20)11-31-21(29)10-25-22(30)17-7-4-14(23)8-18(17)24/h2-8,12H,9-11H2,1H3,(H,25,30)(H,26,28). The Labute approximate surface area is 198 Å². The molecule has 7 nitrogen and oxygen atoms in total. The zero-order valence-electron chi connectivity index (χ0n) is 17.0. The predicted molar refractivity (Wildman–Crippen MR) is 124 cm³/mol. The lowest BCUT2D eigenvalue weighted by Crippen LogP contribution is -2.30. The third-order valence-electron chi connectivity index (χ3n) is 4.20. The first kappa shape index (κ1) is 23.7. The van der Waals surface area contributed by atoms with E-state index in [4.69, 9.17) is 27.9 Å². The van der Waals surface area contributed by atoms with E-state index in [0.717, 1.165) is 5.56 Å². The number of amides is 2. The first-order valence-electron chi connectivity index (χ1n) is 9.49. The molecule has 3 rings (SSSR count). The Morgan fingerprint density at radius 3 is 2.56 bits per heavy atom. The van der Waals surface area contributed by atoms with E-state index < -0.39 is 11.9 Å². The number of halogens is 2. The van der Waals surface area contributed by atoms with Gasteiger partial charge in [-0.25, -0.2) is 4.98 Å². The van der Waals surface area contributed by atoms with Crippen molar-refractivity contribution >= 4 is 58.0 Å².